The molecule has 3 nitrogen and oxygen atoms in total. The van der Waals surface area contributed by atoms with Gasteiger partial charge in [-0.05, 0) is 28.1 Å². The number of imidazole rings is 1. The van der Waals surface area contributed by atoms with Crippen molar-refractivity contribution in [1.82, 2.24) is 14.5 Å². The second-order valence-corrected chi connectivity index (χ2v) is 3.46. The Morgan fingerprint density at radius 3 is 2.69 bits per heavy atom. The summed E-state index contributed by atoms with van der Waals surface area (Å²) in [7, 11) is 1.93. The summed E-state index contributed by atoms with van der Waals surface area (Å²) >= 11 is 3.45. The van der Waals surface area contributed by atoms with Crippen LogP contribution in [0, 0.1) is 0 Å². The second-order valence-electron chi connectivity index (χ2n) is 2.71. The molecule has 0 atom stereocenters. The highest BCUT2D eigenvalue weighted by atomic mass is 79.9. The number of aryl methyl sites for hydroxylation is 1. The van der Waals surface area contributed by atoms with Crippen molar-refractivity contribution in [2.24, 2.45) is 7.05 Å². The molecule has 0 spiro atoms. The number of halogens is 1. The molecule has 0 saturated heterocycles. The molecule has 66 valence electrons. The molecule has 0 saturated carbocycles. The molecular formula is C9H8BrN3. The molecule has 0 radical (unpaired) electrons. The molecule has 2 rings (SSSR count). The highest BCUT2D eigenvalue weighted by Gasteiger charge is 2.07. The Bertz CT molecular complexity index is 408. The van der Waals surface area contributed by atoms with Gasteiger partial charge < -0.3 is 4.57 Å². The number of aromatic nitrogens is 3. The minimum atomic E-state index is 0.878. The van der Waals surface area contributed by atoms with Crippen molar-refractivity contribution in [1.29, 1.82) is 0 Å². The van der Waals surface area contributed by atoms with Crippen LogP contribution in [0.3, 0.4) is 0 Å². The third-order valence-corrected chi connectivity index (χ3v) is 2.71. The summed E-state index contributed by atoms with van der Waals surface area (Å²) in [6, 6.07) is 5.77. The number of pyridine rings is 1. The molecule has 0 aliphatic rings. The fourth-order valence-corrected chi connectivity index (χ4v) is 1.49. The summed E-state index contributed by atoms with van der Waals surface area (Å²) in [4.78, 5) is 8.46. The zero-order valence-corrected chi connectivity index (χ0v) is 8.69. The third-order valence-electron chi connectivity index (χ3n) is 1.77. The maximum Gasteiger partial charge on any atom is 0.121 e. The Morgan fingerprint density at radius 2 is 2.15 bits per heavy atom. The molecule has 4 heteroatoms. The van der Waals surface area contributed by atoms with Gasteiger partial charge in [-0.25, -0.2) is 4.98 Å². The minimum Gasteiger partial charge on any atom is -0.328 e. The van der Waals surface area contributed by atoms with Gasteiger partial charge in [-0.2, -0.15) is 0 Å². The van der Waals surface area contributed by atoms with E-state index in [4.69, 9.17) is 0 Å². The van der Waals surface area contributed by atoms with Crippen LogP contribution in [0.1, 0.15) is 0 Å². The summed E-state index contributed by atoms with van der Waals surface area (Å²) < 4.78 is 2.86. The Hall–Kier alpha value is -1.16. The van der Waals surface area contributed by atoms with Crippen molar-refractivity contribution in [3.05, 3.63) is 35.3 Å². The van der Waals surface area contributed by atoms with Crippen molar-refractivity contribution in [2.45, 2.75) is 0 Å². The van der Waals surface area contributed by atoms with Crippen LogP contribution in [0.15, 0.2) is 35.3 Å². The molecule has 0 amide bonds. The van der Waals surface area contributed by atoms with Crippen LogP contribution < -0.4 is 0 Å². The average Bonchev–Trinajstić information content (AvgIpc) is 2.49. The first-order valence-corrected chi connectivity index (χ1v) is 4.66. The predicted molar refractivity (Wildman–Crippen MR) is 54.1 cm³/mol. The summed E-state index contributed by atoms with van der Waals surface area (Å²) in [6.07, 6.45) is 3.52. The van der Waals surface area contributed by atoms with Crippen molar-refractivity contribution in [2.75, 3.05) is 0 Å². The number of nitrogens with zero attached hydrogens (tertiary/aromatic N) is 3. The summed E-state index contributed by atoms with van der Waals surface area (Å²) in [5.74, 6) is 0. The second kappa shape index (κ2) is 3.30. The first-order valence-electron chi connectivity index (χ1n) is 3.87. The van der Waals surface area contributed by atoms with Gasteiger partial charge in [-0.3, -0.25) is 4.98 Å². The van der Waals surface area contributed by atoms with Crippen molar-refractivity contribution >= 4 is 15.9 Å². The third kappa shape index (κ3) is 1.49. The van der Waals surface area contributed by atoms with Gasteiger partial charge in [-0.1, -0.05) is 6.07 Å². The molecule has 13 heavy (non-hydrogen) atoms. The van der Waals surface area contributed by atoms with E-state index in [0.717, 1.165) is 16.0 Å². The zero-order valence-electron chi connectivity index (χ0n) is 7.11. The van der Waals surface area contributed by atoms with Crippen LogP contribution in [-0.2, 0) is 7.05 Å². The number of rotatable bonds is 1. The van der Waals surface area contributed by atoms with Gasteiger partial charge in [0.25, 0.3) is 0 Å². The van der Waals surface area contributed by atoms with E-state index in [1.807, 2.05) is 29.8 Å². The van der Waals surface area contributed by atoms with Gasteiger partial charge in [0.05, 0.1) is 12.0 Å². The molecule has 0 aliphatic carbocycles. The molecule has 0 unspecified atom stereocenters. The van der Waals surface area contributed by atoms with Gasteiger partial charge in [0.2, 0.25) is 0 Å². The van der Waals surface area contributed by atoms with Crippen molar-refractivity contribution in [3.8, 4) is 11.4 Å². The Balaban J connectivity index is 2.53. The smallest absolute Gasteiger partial charge is 0.121 e. The SMILES string of the molecule is Cn1cnc(-c2ccccn2)c1Br. The topological polar surface area (TPSA) is 30.7 Å². The number of hydrogen-bond acceptors (Lipinski definition) is 2. The summed E-state index contributed by atoms with van der Waals surface area (Å²) in [6.45, 7) is 0. The molecule has 0 bridgehead atoms. The van der Waals surface area contributed by atoms with E-state index in [-0.39, 0.29) is 0 Å². The molecule has 2 aromatic heterocycles. The Morgan fingerprint density at radius 1 is 1.31 bits per heavy atom. The lowest BCUT2D eigenvalue weighted by Gasteiger charge is -1.96. The summed E-state index contributed by atoms with van der Waals surface area (Å²) in [5, 5.41) is 0. The van der Waals surface area contributed by atoms with Crippen LogP contribution in [0.2, 0.25) is 0 Å². The van der Waals surface area contributed by atoms with Gasteiger partial charge in [0.1, 0.15) is 10.3 Å². The monoisotopic (exact) mass is 237 g/mol. The highest BCUT2D eigenvalue weighted by molar-refractivity contribution is 9.10. The average molecular weight is 238 g/mol. The molecule has 2 heterocycles. The van der Waals surface area contributed by atoms with Crippen molar-refractivity contribution < 1.29 is 0 Å². The van der Waals surface area contributed by atoms with E-state index >= 15 is 0 Å². The van der Waals surface area contributed by atoms with Gasteiger partial charge >= 0.3 is 0 Å². The molecule has 0 fully saturated rings. The molecule has 0 aliphatic heterocycles. The molecule has 0 N–H and O–H groups in total. The fraction of sp³-hybridized carbons (Fsp3) is 0.111. The quantitative estimate of drug-likeness (QED) is 0.762. The first kappa shape index (κ1) is 8.44. The Labute approximate surface area is 84.6 Å². The van der Waals surface area contributed by atoms with Gasteiger partial charge in [0, 0.05) is 13.2 Å². The van der Waals surface area contributed by atoms with Crippen LogP contribution in [-0.4, -0.2) is 14.5 Å². The summed E-state index contributed by atoms with van der Waals surface area (Å²) in [5.41, 5.74) is 1.76. The maximum atomic E-state index is 4.24. The molecule has 2 aromatic rings. The van der Waals surface area contributed by atoms with Crippen LogP contribution in [0.5, 0.6) is 0 Å². The Kier molecular flexibility index (Phi) is 2.14. The van der Waals surface area contributed by atoms with E-state index < -0.39 is 0 Å². The minimum absolute atomic E-state index is 0.878. The van der Waals surface area contributed by atoms with E-state index in [1.165, 1.54) is 0 Å². The molecular weight excluding hydrogens is 230 g/mol. The van der Waals surface area contributed by atoms with Crippen molar-refractivity contribution in [3.63, 3.8) is 0 Å². The highest BCUT2D eigenvalue weighted by Crippen LogP contribution is 2.23. The van der Waals surface area contributed by atoms with E-state index in [2.05, 4.69) is 25.9 Å². The van der Waals surface area contributed by atoms with Crippen LogP contribution in [0.25, 0.3) is 11.4 Å². The normalized spacial score (nSPS) is 10.3. The van der Waals surface area contributed by atoms with E-state index in [0.29, 0.717) is 0 Å². The van der Waals surface area contributed by atoms with E-state index in [1.54, 1.807) is 12.5 Å². The standard InChI is InChI=1S/C9H8BrN3/c1-13-6-12-8(9(13)10)7-4-2-3-5-11-7/h2-6H,1H3. The van der Waals surface area contributed by atoms with E-state index in [9.17, 15) is 0 Å². The predicted octanol–water partition coefficient (Wildman–Crippen LogP) is 2.24. The lowest BCUT2D eigenvalue weighted by Crippen LogP contribution is -1.85. The zero-order chi connectivity index (χ0) is 9.26. The van der Waals surface area contributed by atoms with Gasteiger partial charge in [0.15, 0.2) is 0 Å². The number of hydrogen-bond donors (Lipinski definition) is 0. The largest absolute Gasteiger partial charge is 0.328 e. The first-order chi connectivity index (χ1) is 6.29. The van der Waals surface area contributed by atoms with Gasteiger partial charge in [-0.15, -0.1) is 0 Å². The van der Waals surface area contributed by atoms with Crippen LogP contribution in [0.4, 0.5) is 0 Å². The fourth-order valence-electron chi connectivity index (χ4n) is 1.09. The maximum absolute atomic E-state index is 4.24. The lowest BCUT2D eigenvalue weighted by atomic mass is 10.3. The van der Waals surface area contributed by atoms with Crippen LogP contribution >= 0.6 is 15.9 Å². The lowest BCUT2D eigenvalue weighted by molar-refractivity contribution is 0.891. The molecule has 0 aromatic carbocycles.